The van der Waals surface area contributed by atoms with E-state index in [0.29, 0.717) is 22.8 Å². The Hall–Kier alpha value is -2.89. The van der Waals surface area contributed by atoms with Crippen molar-refractivity contribution >= 4 is 0 Å². The van der Waals surface area contributed by atoms with Crippen molar-refractivity contribution in [3.63, 3.8) is 0 Å². The van der Waals surface area contributed by atoms with Crippen LogP contribution in [0.1, 0.15) is 5.69 Å². The SMILES string of the molecule is Cc1nc(-c2n[nH]cc2-c2ccc3c(c2)OCO3)ccc1F. The molecular formula is C16H12FN3O2. The van der Waals surface area contributed by atoms with Gasteiger partial charge in [-0.2, -0.15) is 5.10 Å². The first-order valence-corrected chi connectivity index (χ1v) is 6.80. The van der Waals surface area contributed by atoms with Crippen molar-refractivity contribution in [1.82, 2.24) is 15.2 Å². The van der Waals surface area contributed by atoms with Gasteiger partial charge in [-0.15, -0.1) is 0 Å². The minimum atomic E-state index is -0.330. The molecule has 0 aliphatic carbocycles. The smallest absolute Gasteiger partial charge is 0.231 e. The number of aryl methyl sites for hydroxylation is 1. The first-order valence-electron chi connectivity index (χ1n) is 6.80. The van der Waals surface area contributed by atoms with Gasteiger partial charge in [0.1, 0.15) is 11.5 Å². The molecule has 0 unspecified atom stereocenters. The Balaban J connectivity index is 1.81. The number of nitrogens with zero attached hydrogens (tertiary/aromatic N) is 2. The zero-order valence-corrected chi connectivity index (χ0v) is 11.8. The number of ether oxygens (including phenoxy) is 2. The lowest BCUT2D eigenvalue weighted by atomic mass is 10.0. The van der Waals surface area contributed by atoms with E-state index in [1.807, 2.05) is 18.2 Å². The van der Waals surface area contributed by atoms with Crippen molar-refractivity contribution in [1.29, 1.82) is 0 Å². The Morgan fingerprint density at radius 1 is 1.14 bits per heavy atom. The van der Waals surface area contributed by atoms with Gasteiger partial charge < -0.3 is 9.47 Å². The summed E-state index contributed by atoms with van der Waals surface area (Å²) >= 11 is 0. The Labute approximate surface area is 125 Å². The maximum absolute atomic E-state index is 13.4. The molecule has 1 aromatic carbocycles. The summed E-state index contributed by atoms with van der Waals surface area (Å²) in [5, 5.41) is 7.09. The molecule has 2 aromatic heterocycles. The third kappa shape index (κ3) is 2.00. The summed E-state index contributed by atoms with van der Waals surface area (Å²) in [6.45, 7) is 1.86. The maximum atomic E-state index is 13.4. The quantitative estimate of drug-likeness (QED) is 0.788. The molecule has 3 aromatic rings. The van der Waals surface area contributed by atoms with Gasteiger partial charge in [0.05, 0.1) is 11.4 Å². The van der Waals surface area contributed by atoms with E-state index in [0.717, 1.165) is 16.9 Å². The highest BCUT2D eigenvalue weighted by Gasteiger charge is 2.17. The van der Waals surface area contributed by atoms with E-state index in [-0.39, 0.29) is 12.6 Å². The fourth-order valence-corrected chi connectivity index (χ4v) is 2.45. The Kier molecular flexibility index (Phi) is 2.82. The van der Waals surface area contributed by atoms with Gasteiger partial charge in [-0.1, -0.05) is 6.07 Å². The van der Waals surface area contributed by atoms with Gasteiger partial charge in [0, 0.05) is 11.8 Å². The number of fused-ring (bicyclic) bond motifs is 1. The number of aromatic nitrogens is 3. The highest BCUT2D eigenvalue weighted by Crippen LogP contribution is 2.38. The van der Waals surface area contributed by atoms with Crippen molar-refractivity contribution in [2.45, 2.75) is 6.92 Å². The van der Waals surface area contributed by atoms with E-state index >= 15 is 0 Å². The van der Waals surface area contributed by atoms with Crippen LogP contribution >= 0.6 is 0 Å². The number of rotatable bonds is 2. The topological polar surface area (TPSA) is 60.0 Å². The number of halogens is 1. The lowest BCUT2D eigenvalue weighted by Gasteiger charge is -2.05. The summed E-state index contributed by atoms with van der Waals surface area (Å²) in [5.41, 5.74) is 3.43. The van der Waals surface area contributed by atoms with E-state index in [4.69, 9.17) is 9.47 Å². The molecular weight excluding hydrogens is 285 g/mol. The summed E-state index contributed by atoms with van der Waals surface area (Å²) in [7, 11) is 0. The largest absolute Gasteiger partial charge is 0.454 e. The van der Waals surface area contributed by atoms with Crippen LogP contribution in [-0.4, -0.2) is 22.0 Å². The van der Waals surface area contributed by atoms with Crippen molar-refractivity contribution in [2.75, 3.05) is 6.79 Å². The molecule has 4 rings (SSSR count). The van der Waals surface area contributed by atoms with Crippen LogP contribution in [0.2, 0.25) is 0 Å². The van der Waals surface area contributed by atoms with Gasteiger partial charge in [-0.05, 0) is 36.8 Å². The number of hydrogen-bond acceptors (Lipinski definition) is 4. The average Bonchev–Trinajstić information content (AvgIpc) is 3.17. The molecule has 0 fully saturated rings. The minimum absolute atomic E-state index is 0.232. The van der Waals surface area contributed by atoms with Crippen molar-refractivity contribution in [2.24, 2.45) is 0 Å². The fraction of sp³-hybridized carbons (Fsp3) is 0.125. The molecule has 6 heteroatoms. The number of aromatic amines is 1. The fourth-order valence-electron chi connectivity index (χ4n) is 2.45. The minimum Gasteiger partial charge on any atom is -0.454 e. The number of pyridine rings is 1. The summed E-state index contributed by atoms with van der Waals surface area (Å²) in [6.07, 6.45) is 1.78. The third-order valence-electron chi connectivity index (χ3n) is 3.59. The Morgan fingerprint density at radius 2 is 2.00 bits per heavy atom. The molecule has 5 nitrogen and oxygen atoms in total. The Morgan fingerprint density at radius 3 is 2.86 bits per heavy atom. The normalized spacial score (nSPS) is 12.6. The van der Waals surface area contributed by atoms with Gasteiger partial charge in [0.25, 0.3) is 0 Å². The van der Waals surface area contributed by atoms with E-state index in [1.165, 1.54) is 6.07 Å². The van der Waals surface area contributed by atoms with Crippen LogP contribution in [-0.2, 0) is 0 Å². The number of hydrogen-bond donors (Lipinski definition) is 1. The predicted molar refractivity (Wildman–Crippen MR) is 78.1 cm³/mol. The van der Waals surface area contributed by atoms with E-state index in [2.05, 4.69) is 15.2 Å². The molecule has 1 N–H and O–H groups in total. The van der Waals surface area contributed by atoms with E-state index < -0.39 is 0 Å². The molecule has 3 heterocycles. The first-order chi connectivity index (χ1) is 10.7. The van der Waals surface area contributed by atoms with Gasteiger partial charge >= 0.3 is 0 Å². The summed E-state index contributed by atoms with van der Waals surface area (Å²) < 4.78 is 24.1. The molecule has 0 bridgehead atoms. The predicted octanol–water partition coefficient (Wildman–Crippen LogP) is 3.31. The van der Waals surface area contributed by atoms with Crippen LogP contribution in [0.25, 0.3) is 22.5 Å². The second-order valence-corrected chi connectivity index (χ2v) is 4.98. The summed E-state index contributed by atoms with van der Waals surface area (Å²) in [6, 6.07) is 8.70. The van der Waals surface area contributed by atoms with E-state index in [9.17, 15) is 4.39 Å². The molecule has 1 aliphatic rings. The number of H-pyrrole nitrogens is 1. The highest BCUT2D eigenvalue weighted by molar-refractivity contribution is 5.80. The van der Waals surface area contributed by atoms with Crippen LogP contribution in [0.3, 0.4) is 0 Å². The molecule has 22 heavy (non-hydrogen) atoms. The molecule has 0 amide bonds. The van der Waals surface area contributed by atoms with Gasteiger partial charge in [0.2, 0.25) is 6.79 Å². The van der Waals surface area contributed by atoms with Crippen LogP contribution in [0, 0.1) is 12.7 Å². The van der Waals surface area contributed by atoms with Crippen molar-refractivity contribution in [3.8, 4) is 34.0 Å². The van der Waals surface area contributed by atoms with Gasteiger partial charge in [-0.25, -0.2) is 9.37 Å². The second kappa shape index (κ2) is 4.84. The Bertz CT molecular complexity index is 860. The molecule has 0 saturated heterocycles. The van der Waals surface area contributed by atoms with Crippen LogP contribution in [0.5, 0.6) is 11.5 Å². The third-order valence-corrected chi connectivity index (χ3v) is 3.59. The lowest BCUT2D eigenvalue weighted by molar-refractivity contribution is 0.174. The highest BCUT2D eigenvalue weighted by atomic mass is 19.1. The van der Waals surface area contributed by atoms with E-state index in [1.54, 1.807) is 19.2 Å². The zero-order chi connectivity index (χ0) is 15.1. The van der Waals surface area contributed by atoms with Crippen molar-refractivity contribution in [3.05, 3.63) is 48.0 Å². The molecule has 110 valence electrons. The van der Waals surface area contributed by atoms with Crippen LogP contribution in [0.15, 0.2) is 36.5 Å². The van der Waals surface area contributed by atoms with Gasteiger partial charge in [0.15, 0.2) is 11.5 Å². The monoisotopic (exact) mass is 297 g/mol. The summed E-state index contributed by atoms with van der Waals surface area (Å²) in [5.74, 6) is 1.10. The molecule has 0 spiro atoms. The van der Waals surface area contributed by atoms with Crippen LogP contribution < -0.4 is 9.47 Å². The van der Waals surface area contributed by atoms with Crippen molar-refractivity contribution < 1.29 is 13.9 Å². The number of nitrogens with one attached hydrogen (secondary N) is 1. The average molecular weight is 297 g/mol. The molecule has 0 atom stereocenters. The second-order valence-electron chi connectivity index (χ2n) is 4.98. The van der Waals surface area contributed by atoms with Crippen LogP contribution in [0.4, 0.5) is 4.39 Å². The lowest BCUT2D eigenvalue weighted by Crippen LogP contribution is -1.93. The van der Waals surface area contributed by atoms with Gasteiger partial charge in [-0.3, -0.25) is 5.10 Å². The summed E-state index contributed by atoms with van der Waals surface area (Å²) in [4.78, 5) is 4.26. The molecule has 0 saturated carbocycles. The molecule has 1 aliphatic heterocycles. The number of benzene rings is 1. The first kappa shape index (κ1) is 12.8. The molecule has 0 radical (unpaired) electrons. The zero-order valence-electron chi connectivity index (χ0n) is 11.8. The standard InChI is InChI=1S/C16H12FN3O2/c1-9-12(17)3-4-13(19-9)16-11(7-18-20-16)10-2-5-14-15(6-10)22-8-21-14/h2-7H,8H2,1H3,(H,18,20). The maximum Gasteiger partial charge on any atom is 0.231 e.